The Labute approximate surface area is 189 Å². The van der Waals surface area contributed by atoms with E-state index < -0.39 is 0 Å². The van der Waals surface area contributed by atoms with E-state index in [0.717, 1.165) is 5.75 Å². The lowest BCUT2D eigenvalue weighted by atomic mass is 10.2. The zero-order valence-electron chi connectivity index (χ0n) is 16.4. The molecule has 2 aromatic carbocycles. The molecule has 0 aliphatic carbocycles. The minimum atomic E-state index is -0.228. The topological polar surface area (TPSA) is 66.0 Å². The van der Waals surface area contributed by atoms with Crippen LogP contribution in [0.25, 0.3) is 6.08 Å². The van der Waals surface area contributed by atoms with Crippen LogP contribution in [0.5, 0.6) is 23.0 Å². The van der Waals surface area contributed by atoms with Crippen molar-refractivity contribution in [2.45, 2.75) is 6.92 Å². The average Bonchev–Trinajstić information content (AvgIpc) is 3.03. The first-order chi connectivity index (χ1) is 14.5. The molecule has 0 spiro atoms. The molecule has 1 heterocycles. The molecular formula is C21H20ClNO5S2. The molecule has 158 valence electrons. The van der Waals surface area contributed by atoms with Gasteiger partial charge in [0.05, 0.1) is 23.6 Å². The summed E-state index contributed by atoms with van der Waals surface area (Å²) in [6.45, 7) is 2.89. The van der Waals surface area contributed by atoms with Crippen molar-refractivity contribution in [3.8, 4) is 23.0 Å². The van der Waals surface area contributed by atoms with Crippen molar-refractivity contribution in [1.29, 1.82) is 0 Å². The smallest absolute Gasteiger partial charge is 0.263 e. The van der Waals surface area contributed by atoms with Gasteiger partial charge in [-0.25, -0.2) is 0 Å². The minimum Gasteiger partial charge on any atom is -0.497 e. The van der Waals surface area contributed by atoms with Crippen LogP contribution in [-0.2, 0) is 4.79 Å². The summed E-state index contributed by atoms with van der Waals surface area (Å²) in [7, 11) is 1.60. The summed E-state index contributed by atoms with van der Waals surface area (Å²) in [6, 6.07) is 10.8. The van der Waals surface area contributed by atoms with E-state index in [-0.39, 0.29) is 12.5 Å². The van der Waals surface area contributed by atoms with Gasteiger partial charge in [0, 0.05) is 6.07 Å². The highest BCUT2D eigenvalue weighted by Gasteiger charge is 2.22. The number of thioether (sulfide) groups is 1. The molecule has 1 aliphatic rings. The third-order valence-corrected chi connectivity index (χ3v) is 5.35. The average molecular weight is 466 g/mol. The highest BCUT2D eigenvalue weighted by Crippen LogP contribution is 2.38. The molecule has 0 bridgehead atoms. The van der Waals surface area contributed by atoms with E-state index in [4.69, 9.17) is 42.8 Å². The monoisotopic (exact) mass is 465 g/mol. The Balaban J connectivity index is 1.68. The number of nitrogens with one attached hydrogen (secondary N) is 1. The summed E-state index contributed by atoms with van der Waals surface area (Å²) >= 11 is 12.7. The number of rotatable bonds is 9. The lowest BCUT2D eigenvalue weighted by Crippen LogP contribution is -2.17. The Morgan fingerprint density at radius 2 is 1.90 bits per heavy atom. The van der Waals surface area contributed by atoms with Crippen LogP contribution in [0.1, 0.15) is 12.5 Å². The molecule has 0 radical (unpaired) electrons. The number of halogens is 1. The largest absolute Gasteiger partial charge is 0.497 e. The molecule has 1 aliphatic heterocycles. The van der Waals surface area contributed by atoms with Crippen LogP contribution < -0.4 is 24.3 Å². The van der Waals surface area contributed by atoms with Crippen LogP contribution in [0.3, 0.4) is 0 Å². The van der Waals surface area contributed by atoms with Gasteiger partial charge in [-0.1, -0.05) is 41.6 Å². The first-order valence-corrected chi connectivity index (χ1v) is 10.7. The first kappa shape index (κ1) is 22.3. The molecule has 6 nitrogen and oxygen atoms in total. The third kappa shape index (κ3) is 5.81. The van der Waals surface area contributed by atoms with Gasteiger partial charge in [0.15, 0.2) is 11.5 Å². The summed E-state index contributed by atoms with van der Waals surface area (Å²) in [5.41, 5.74) is 0.714. The van der Waals surface area contributed by atoms with Crippen molar-refractivity contribution in [3.63, 3.8) is 0 Å². The number of benzene rings is 2. The summed E-state index contributed by atoms with van der Waals surface area (Å²) in [6.07, 6.45) is 1.71. The normalized spacial score (nSPS) is 14.6. The minimum absolute atomic E-state index is 0.228. The van der Waals surface area contributed by atoms with E-state index >= 15 is 0 Å². The van der Waals surface area contributed by atoms with Gasteiger partial charge in [0.25, 0.3) is 5.91 Å². The second kappa shape index (κ2) is 10.6. The number of amides is 1. The van der Waals surface area contributed by atoms with Gasteiger partial charge in [0.2, 0.25) is 0 Å². The molecule has 0 atom stereocenters. The molecule has 1 amide bonds. The molecule has 1 saturated heterocycles. The van der Waals surface area contributed by atoms with Gasteiger partial charge in [-0.3, -0.25) is 4.79 Å². The van der Waals surface area contributed by atoms with Gasteiger partial charge < -0.3 is 24.3 Å². The Hall–Kier alpha value is -2.42. The van der Waals surface area contributed by atoms with Gasteiger partial charge >= 0.3 is 0 Å². The maximum atomic E-state index is 11.9. The Kier molecular flexibility index (Phi) is 7.84. The van der Waals surface area contributed by atoms with E-state index in [2.05, 4.69) is 5.32 Å². The van der Waals surface area contributed by atoms with Crippen molar-refractivity contribution in [3.05, 3.63) is 51.9 Å². The fourth-order valence-corrected chi connectivity index (χ4v) is 3.96. The molecule has 0 unspecified atom stereocenters. The molecule has 30 heavy (non-hydrogen) atoms. The highest BCUT2D eigenvalue weighted by atomic mass is 35.5. The van der Waals surface area contributed by atoms with Crippen molar-refractivity contribution in [1.82, 2.24) is 5.32 Å². The van der Waals surface area contributed by atoms with Gasteiger partial charge in [0.1, 0.15) is 29.0 Å². The second-order valence-electron chi connectivity index (χ2n) is 5.99. The maximum Gasteiger partial charge on any atom is 0.263 e. The number of methoxy groups -OCH3 is 1. The van der Waals surface area contributed by atoms with Crippen molar-refractivity contribution < 1.29 is 23.7 Å². The molecule has 2 aromatic rings. The second-order valence-corrected chi connectivity index (χ2v) is 8.12. The van der Waals surface area contributed by atoms with Crippen LogP contribution in [0.15, 0.2) is 41.3 Å². The fourth-order valence-electron chi connectivity index (χ4n) is 2.64. The van der Waals surface area contributed by atoms with Crippen molar-refractivity contribution in [2.75, 3.05) is 26.9 Å². The number of thiocarbonyl (C=S) groups is 1. The van der Waals surface area contributed by atoms with Crippen molar-refractivity contribution in [2.24, 2.45) is 0 Å². The lowest BCUT2D eigenvalue weighted by molar-refractivity contribution is -0.115. The molecule has 1 N–H and O–H groups in total. The first-order valence-electron chi connectivity index (χ1n) is 9.11. The van der Waals surface area contributed by atoms with Crippen LogP contribution in [0.2, 0.25) is 5.02 Å². The van der Waals surface area contributed by atoms with E-state index in [1.807, 2.05) is 25.1 Å². The van der Waals surface area contributed by atoms with Crippen LogP contribution in [0.4, 0.5) is 0 Å². The molecule has 3 rings (SSSR count). The fraction of sp³-hybridized carbons (Fsp3) is 0.238. The van der Waals surface area contributed by atoms with E-state index in [9.17, 15) is 4.79 Å². The number of hydrogen-bond acceptors (Lipinski definition) is 7. The number of carbonyl (C=O) groups is 1. The Bertz CT molecular complexity index is 980. The van der Waals surface area contributed by atoms with Crippen LogP contribution >= 0.6 is 35.6 Å². The zero-order chi connectivity index (χ0) is 21.5. The molecule has 0 aromatic heterocycles. The lowest BCUT2D eigenvalue weighted by Gasteiger charge is -2.15. The maximum absolute atomic E-state index is 11.9. The Morgan fingerprint density at radius 3 is 2.60 bits per heavy atom. The molecule has 0 saturated carbocycles. The van der Waals surface area contributed by atoms with Gasteiger partial charge in [-0.05, 0) is 42.8 Å². The van der Waals surface area contributed by atoms with E-state index in [1.165, 1.54) is 11.8 Å². The number of carbonyl (C=O) groups excluding carboxylic acids is 1. The number of hydrogen-bond donors (Lipinski definition) is 1. The summed E-state index contributed by atoms with van der Waals surface area (Å²) < 4.78 is 22.8. The third-order valence-electron chi connectivity index (χ3n) is 3.91. The summed E-state index contributed by atoms with van der Waals surface area (Å²) in [5, 5.41) is 2.96. The van der Waals surface area contributed by atoms with Crippen LogP contribution in [-0.4, -0.2) is 37.2 Å². The van der Waals surface area contributed by atoms with E-state index in [0.29, 0.717) is 50.3 Å². The molecule has 9 heteroatoms. The SMILES string of the molecule is CCOc1cc(C=C2SC(=S)NC2=O)cc(Cl)c1OCCOc1cccc(OC)c1. The standard InChI is InChI=1S/C21H20ClNO5S2/c1-3-26-17-10-13(11-18-20(24)23-21(29)30-18)9-16(22)19(17)28-8-7-27-15-6-4-5-14(12-15)25-2/h4-6,9-12H,3,7-8H2,1-2H3,(H,23,24,29). The zero-order valence-corrected chi connectivity index (χ0v) is 18.8. The van der Waals surface area contributed by atoms with Crippen molar-refractivity contribution >= 4 is 51.9 Å². The molecular weight excluding hydrogens is 446 g/mol. The van der Waals surface area contributed by atoms with Crippen LogP contribution in [0, 0.1) is 0 Å². The van der Waals surface area contributed by atoms with E-state index in [1.54, 1.807) is 31.4 Å². The summed E-state index contributed by atoms with van der Waals surface area (Å²) in [4.78, 5) is 12.4. The van der Waals surface area contributed by atoms with Gasteiger partial charge in [-0.15, -0.1) is 0 Å². The highest BCUT2D eigenvalue weighted by molar-refractivity contribution is 8.26. The molecule has 1 fully saturated rings. The predicted octanol–water partition coefficient (Wildman–Crippen LogP) is 4.69. The quantitative estimate of drug-likeness (QED) is 0.327. The summed E-state index contributed by atoms with van der Waals surface area (Å²) in [5.74, 6) is 2.09. The number of ether oxygens (including phenoxy) is 4. The van der Waals surface area contributed by atoms with Gasteiger partial charge in [-0.2, -0.15) is 0 Å². The predicted molar refractivity (Wildman–Crippen MR) is 123 cm³/mol. The Morgan fingerprint density at radius 1 is 1.13 bits per heavy atom.